The number of hydrogen-bond donors (Lipinski definition) is 0. The predicted molar refractivity (Wildman–Crippen MR) is 134 cm³/mol. The van der Waals surface area contributed by atoms with Gasteiger partial charge in [0, 0.05) is 37.5 Å². The molecule has 0 aliphatic heterocycles. The van der Waals surface area contributed by atoms with Crippen molar-refractivity contribution in [1.29, 1.82) is 0 Å². The molecule has 0 spiro atoms. The molecule has 6 heteroatoms. The molecule has 0 saturated carbocycles. The smallest absolute Gasteiger partial charge is 0.367 e. The third-order valence-corrected chi connectivity index (χ3v) is 13.5. The molecule has 0 saturated heterocycles. The van der Waals surface area contributed by atoms with Crippen LogP contribution >= 0.6 is 0 Å². The Morgan fingerprint density at radius 3 is 0.967 bits per heavy atom. The Labute approximate surface area is 189 Å². The van der Waals surface area contributed by atoms with Crippen molar-refractivity contribution >= 4 is 17.1 Å². The van der Waals surface area contributed by atoms with Gasteiger partial charge in [-0.3, -0.25) is 0 Å². The lowest BCUT2D eigenvalue weighted by atomic mass is 10.3. The second-order valence-corrected chi connectivity index (χ2v) is 14.9. The third kappa shape index (κ3) is 9.49. The Hall–Kier alpha value is -0.246. The molecular formula is C24H50O4Si2. The first-order valence-electron chi connectivity index (χ1n) is 12.3. The summed E-state index contributed by atoms with van der Waals surface area (Å²) in [5.74, 6) is 0. The minimum Gasteiger partial charge on any atom is -0.391 e. The van der Waals surface area contributed by atoms with Crippen molar-refractivity contribution in [1.82, 2.24) is 0 Å². The van der Waals surface area contributed by atoms with Gasteiger partial charge in [-0.25, -0.2) is 0 Å². The molecular weight excluding hydrogens is 408 g/mol. The van der Waals surface area contributed by atoms with E-state index < -0.39 is 17.1 Å². The molecule has 0 aromatic rings. The Morgan fingerprint density at radius 1 is 0.567 bits per heavy atom. The standard InChI is InChI=1S/C24H50O4Si2/c1-9-15-19-25-29(13-5,26-20-16-10-2)23(7)24(8)30(14-6,27-21-17-11-3)28-22-18-12-4/h13-14,23-24H,5-6,9-12,15-22H2,1-4,7-8H3. The number of unbranched alkanes of at least 4 members (excludes halogenated alkanes) is 4. The second kappa shape index (κ2) is 17.3. The van der Waals surface area contributed by atoms with Gasteiger partial charge in [-0.1, -0.05) is 67.2 Å². The second-order valence-electron chi connectivity index (χ2n) is 8.24. The first kappa shape index (κ1) is 29.8. The van der Waals surface area contributed by atoms with E-state index >= 15 is 0 Å². The summed E-state index contributed by atoms with van der Waals surface area (Å²) in [6.07, 6.45) is 8.54. The number of rotatable bonds is 21. The molecule has 0 rings (SSSR count). The van der Waals surface area contributed by atoms with Crippen LogP contribution in [0.2, 0.25) is 11.1 Å². The van der Waals surface area contributed by atoms with Gasteiger partial charge in [-0.15, -0.1) is 13.2 Å². The Bertz CT molecular complexity index is 385. The minimum atomic E-state index is -2.64. The third-order valence-electron chi connectivity index (χ3n) is 5.89. The van der Waals surface area contributed by atoms with Crippen LogP contribution in [-0.2, 0) is 17.7 Å². The maximum atomic E-state index is 6.52. The summed E-state index contributed by atoms with van der Waals surface area (Å²) in [6, 6.07) is 0. The zero-order valence-corrected chi connectivity index (χ0v) is 22.8. The van der Waals surface area contributed by atoms with Gasteiger partial charge in [-0.2, -0.15) is 0 Å². The van der Waals surface area contributed by atoms with Crippen LogP contribution in [0.5, 0.6) is 0 Å². The fraction of sp³-hybridized carbons (Fsp3) is 0.833. The maximum absolute atomic E-state index is 6.52. The molecule has 0 bridgehead atoms. The lowest BCUT2D eigenvalue weighted by Gasteiger charge is -2.42. The van der Waals surface area contributed by atoms with Crippen molar-refractivity contribution in [2.45, 2.75) is 104 Å². The highest BCUT2D eigenvalue weighted by Crippen LogP contribution is 2.43. The zero-order chi connectivity index (χ0) is 22.9. The summed E-state index contributed by atoms with van der Waals surface area (Å²) in [5, 5.41) is 0. The molecule has 0 fully saturated rings. The van der Waals surface area contributed by atoms with E-state index in [0.717, 1.165) is 51.4 Å². The van der Waals surface area contributed by atoms with Crippen molar-refractivity contribution in [3.8, 4) is 0 Å². The molecule has 2 atom stereocenters. The fourth-order valence-electron chi connectivity index (χ4n) is 3.42. The minimum absolute atomic E-state index is 0.164. The van der Waals surface area contributed by atoms with E-state index in [4.69, 9.17) is 17.7 Å². The predicted octanol–water partition coefficient (Wildman–Crippen LogP) is 7.37. The van der Waals surface area contributed by atoms with Crippen LogP contribution in [0.15, 0.2) is 24.6 Å². The molecule has 0 aromatic carbocycles. The topological polar surface area (TPSA) is 36.9 Å². The molecule has 0 aromatic heterocycles. The molecule has 0 amide bonds. The van der Waals surface area contributed by atoms with Crippen molar-refractivity contribution in [3.05, 3.63) is 24.6 Å². The average Bonchev–Trinajstić information content (AvgIpc) is 2.76. The van der Waals surface area contributed by atoms with E-state index in [9.17, 15) is 0 Å². The highest BCUT2D eigenvalue weighted by atomic mass is 28.4. The maximum Gasteiger partial charge on any atom is 0.367 e. The first-order chi connectivity index (χ1) is 14.4. The van der Waals surface area contributed by atoms with E-state index in [1.54, 1.807) is 0 Å². The summed E-state index contributed by atoms with van der Waals surface area (Å²) in [6.45, 7) is 24.4. The van der Waals surface area contributed by atoms with E-state index in [1.807, 2.05) is 11.4 Å². The van der Waals surface area contributed by atoms with Gasteiger partial charge in [-0.05, 0) is 37.1 Å². The van der Waals surface area contributed by atoms with E-state index in [2.05, 4.69) is 54.7 Å². The van der Waals surface area contributed by atoms with E-state index in [-0.39, 0.29) is 11.1 Å². The Morgan fingerprint density at radius 2 is 0.800 bits per heavy atom. The zero-order valence-electron chi connectivity index (χ0n) is 20.8. The van der Waals surface area contributed by atoms with Crippen LogP contribution < -0.4 is 0 Å². The van der Waals surface area contributed by atoms with Crippen LogP contribution in [0.1, 0.15) is 92.9 Å². The Kier molecular flexibility index (Phi) is 17.2. The van der Waals surface area contributed by atoms with Gasteiger partial charge in [0.25, 0.3) is 0 Å². The summed E-state index contributed by atoms with van der Waals surface area (Å²) < 4.78 is 26.1. The largest absolute Gasteiger partial charge is 0.391 e. The Balaban J connectivity index is 5.75. The lowest BCUT2D eigenvalue weighted by molar-refractivity contribution is 0.147. The quantitative estimate of drug-likeness (QED) is 0.133. The van der Waals surface area contributed by atoms with Gasteiger partial charge < -0.3 is 17.7 Å². The van der Waals surface area contributed by atoms with Crippen LogP contribution in [-0.4, -0.2) is 43.5 Å². The highest BCUT2D eigenvalue weighted by Gasteiger charge is 2.53. The van der Waals surface area contributed by atoms with Crippen molar-refractivity contribution < 1.29 is 17.7 Å². The van der Waals surface area contributed by atoms with Gasteiger partial charge >= 0.3 is 17.1 Å². The van der Waals surface area contributed by atoms with Crippen molar-refractivity contribution in [2.75, 3.05) is 26.4 Å². The summed E-state index contributed by atoms with van der Waals surface area (Å²) in [7, 11) is -5.28. The van der Waals surface area contributed by atoms with Gasteiger partial charge in [0.05, 0.1) is 0 Å². The van der Waals surface area contributed by atoms with Crippen LogP contribution in [0.4, 0.5) is 0 Å². The molecule has 178 valence electrons. The fourth-order valence-corrected chi connectivity index (χ4v) is 10.5. The molecule has 0 aliphatic carbocycles. The number of hydrogen-bond acceptors (Lipinski definition) is 4. The van der Waals surface area contributed by atoms with E-state index in [1.165, 1.54) is 0 Å². The SMILES string of the molecule is C=C[Si](OCCCC)(OCCCC)C(C)C(C)[Si](C=C)(OCCCC)OCCCC. The summed E-state index contributed by atoms with van der Waals surface area (Å²) >= 11 is 0. The molecule has 30 heavy (non-hydrogen) atoms. The van der Waals surface area contributed by atoms with Gasteiger partial charge in [0.2, 0.25) is 0 Å². The van der Waals surface area contributed by atoms with Crippen molar-refractivity contribution in [2.24, 2.45) is 0 Å². The lowest BCUT2D eigenvalue weighted by Crippen LogP contribution is -2.54. The van der Waals surface area contributed by atoms with E-state index in [0.29, 0.717) is 26.4 Å². The van der Waals surface area contributed by atoms with Crippen LogP contribution in [0.3, 0.4) is 0 Å². The molecule has 2 unspecified atom stereocenters. The van der Waals surface area contributed by atoms with Gasteiger partial charge in [0.1, 0.15) is 0 Å². The van der Waals surface area contributed by atoms with Crippen LogP contribution in [0.25, 0.3) is 0 Å². The molecule has 0 N–H and O–H groups in total. The van der Waals surface area contributed by atoms with Crippen molar-refractivity contribution in [3.63, 3.8) is 0 Å². The normalized spacial score (nSPS) is 14.5. The van der Waals surface area contributed by atoms with Crippen LogP contribution in [0, 0.1) is 0 Å². The average molecular weight is 459 g/mol. The molecule has 0 aliphatic rings. The molecule has 0 radical (unpaired) electrons. The summed E-state index contributed by atoms with van der Waals surface area (Å²) in [5.41, 5.74) is 4.30. The highest BCUT2D eigenvalue weighted by molar-refractivity contribution is 6.80. The first-order valence-corrected chi connectivity index (χ1v) is 16.2. The van der Waals surface area contributed by atoms with Gasteiger partial charge in [0.15, 0.2) is 0 Å². The molecule has 0 heterocycles. The molecule has 4 nitrogen and oxygen atoms in total. The summed E-state index contributed by atoms with van der Waals surface area (Å²) in [4.78, 5) is 0. The monoisotopic (exact) mass is 458 g/mol.